The SMILES string of the molecule is C[C@@H](NC(=O)[C@H](C)[C@@H](C)c1cccc2cc[nH]c12)c1cnc(OCC(F)(F)F)cn1. The van der Waals surface area contributed by atoms with E-state index < -0.39 is 18.8 Å². The predicted molar refractivity (Wildman–Crippen MR) is 106 cm³/mol. The van der Waals surface area contributed by atoms with Crippen molar-refractivity contribution in [3.8, 4) is 5.88 Å². The predicted octanol–water partition coefficient (Wildman–Crippen LogP) is 4.52. The van der Waals surface area contributed by atoms with Crippen molar-refractivity contribution < 1.29 is 22.7 Å². The van der Waals surface area contributed by atoms with E-state index in [1.165, 1.54) is 6.20 Å². The molecular formula is C21H23F3N4O2. The Morgan fingerprint density at radius 2 is 1.93 bits per heavy atom. The van der Waals surface area contributed by atoms with E-state index in [0.29, 0.717) is 5.69 Å². The molecule has 160 valence electrons. The minimum absolute atomic E-state index is 0.0382. The molecule has 0 spiro atoms. The van der Waals surface area contributed by atoms with E-state index in [1.54, 1.807) is 6.92 Å². The van der Waals surface area contributed by atoms with Gasteiger partial charge >= 0.3 is 6.18 Å². The van der Waals surface area contributed by atoms with Crippen LogP contribution in [0.4, 0.5) is 13.2 Å². The number of ether oxygens (including phenoxy) is 1. The summed E-state index contributed by atoms with van der Waals surface area (Å²) in [6.45, 7) is 4.16. The van der Waals surface area contributed by atoms with Gasteiger partial charge in [0, 0.05) is 17.6 Å². The molecule has 3 rings (SSSR count). The number of rotatable bonds is 7. The van der Waals surface area contributed by atoms with Gasteiger partial charge in [-0.05, 0) is 29.9 Å². The van der Waals surface area contributed by atoms with Gasteiger partial charge in [-0.15, -0.1) is 0 Å². The molecular weight excluding hydrogens is 397 g/mol. The average Bonchev–Trinajstić information content (AvgIpc) is 3.19. The van der Waals surface area contributed by atoms with Crippen molar-refractivity contribution in [3.05, 3.63) is 54.1 Å². The van der Waals surface area contributed by atoms with Crippen molar-refractivity contribution in [3.63, 3.8) is 0 Å². The van der Waals surface area contributed by atoms with Crippen molar-refractivity contribution in [1.29, 1.82) is 0 Å². The van der Waals surface area contributed by atoms with Gasteiger partial charge in [0.05, 0.1) is 24.1 Å². The third kappa shape index (κ3) is 5.08. The third-order valence-electron chi connectivity index (χ3n) is 5.11. The smallest absolute Gasteiger partial charge is 0.422 e. The van der Waals surface area contributed by atoms with Crippen LogP contribution in [0, 0.1) is 5.92 Å². The second kappa shape index (κ2) is 8.73. The van der Waals surface area contributed by atoms with Crippen molar-refractivity contribution >= 4 is 16.8 Å². The van der Waals surface area contributed by atoms with Crippen LogP contribution < -0.4 is 10.1 Å². The molecule has 0 aliphatic carbocycles. The van der Waals surface area contributed by atoms with Crippen LogP contribution in [0.5, 0.6) is 5.88 Å². The molecule has 3 atom stereocenters. The number of H-pyrrole nitrogens is 1. The molecule has 0 saturated heterocycles. The summed E-state index contributed by atoms with van der Waals surface area (Å²) in [7, 11) is 0. The minimum Gasteiger partial charge on any atom is -0.467 e. The highest BCUT2D eigenvalue weighted by molar-refractivity contribution is 5.85. The zero-order chi connectivity index (χ0) is 21.9. The highest BCUT2D eigenvalue weighted by Gasteiger charge is 2.29. The van der Waals surface area contributed by atoms with E-state index in [0.717, 1.165) is 22.7 Å². The Balaban J connectivity index is 1.62. The van der Waals surface area contributed by atoms with Crippen LogP contribution in [0.25, 0.3) is 10.9 Å². The molecule has 3 aromatic rings. The number of amides is 1. The first kappa shape index (κ1) is 21.6. The van der Waals surface area contributed by atoms with Gasteiger partial charge < -0.3 is 15.0 Å². The molecule has 1 amide bonds. The maximum absolute atomic E-state index is 12.8. The van der Waals surface area contributed by atoms with Crippen LogP contribution in [0.1, 0.15) is 44.0 Å². The third-order valence-corrected chi connectivity index (χ3v) is 5.11. The highest BCUT2D eigenvalue weighted by Crippen LogP contribution is 2.30. The molecule has 9 heteroatoms. The number of aromatic amines is 1. The molecule has 0 saturated carbocycles. The summed E-state index contributed by atoms with van der Waals surface area (Å²) >= 11 is 0. The number of fused-ring (bicyclic) bond motifs is 1. The second-order valence-electron chi connectivity index (χ2n) is 7.28. The number of carbonyl (C=O) groups excluding carboxylic acids is 1. The molecule has 6 nitrogen and oxygen atoms in total. The fourth-order valence-corrected chi connectivity index (χ4v) is 3.18. The van der Waals surface area contributed by atoms with E-state index in [2.05, 4.69) is 25.0 Å². The molecule has 0 fully saturated rings. The fourth-order valence-electron chi connectivity index (χ4n) is 3.18. The van der Waals surface area contributed by atoms with Crippen LogP contribution in [0.3, 0.4) is 0 Å². The number of carbonyl (C=O) groups is 1. The number of nitrogens with zero attached hydrogens (tertiary/aromatic N) is 2. The number of para-hydroxylation sites is 1. The maximum atomic E-state index is 12.8. The zero-order valence-electron chi connectivity index (χ0n) is 16.8. The average molecular weight is 420 g/mol. The number of benzene rings is 1. The van der Waals surface area contributed by atoms with E-state index in [9.17, 15) is 18.0 Å². The first-order valence-electron chi connectivity index (χ1n) is 9.53. The number of aromatic nitrogens is 3. The minimum atomic E-state index is -4.45. The van der Waals surface area contributed by atoms with Gasteiger partial charge in [0.25, 0.3) is 0 Å². The normalized spacial score (nSPS) is 14.9. The highest BCUT2D eigenvalue weighted by atomic mass is 19.4. The van der Waals surface area contributed by atoms with Crippen LogP contribution in [-0.2, 0) is 4.79 Å². The topological polar surface area (TPSA) is 79.9 Å². The number of hydrogen-bond donors (Lipinski definition) is 2. The van der Waals surface area contributed by atoms with Crippen molar-refractivity contribution in [2.75, 3.05) is 6.61 Å². The summed E-state index contributed by atoms with van der Waals surface area (Å²) in [5, 5.41) is 3.98. The molecule has 0 aliphatic heterocycles. The molecule has 1 aromatic carbocycles. The molecule has 0 aliphatic rings. The standard InChI is InChI=1S/C21H23F3N4O2/c1-12(16-6-4-5-15-7-8-25-19(15)16)13(2)20(29)28-14(3)17-9-27-18(10-26-17)30-11-21(22,23)24/h4-10,12-14,25H,11H2,1-3H3,(H,28,29)/t12-,13-,14-/m1/s1. The van der Waals surface area contributed by atoms with Crippen LogP contribution in [-0.4, -0.2) is 33.6 Å². The van der Waals surface area contributed by atoms with Crippen LogP contribution >= 0.6 is 0 Å². The Bertz CT molecular complexity index is 1000. The first-order valence-corrected chi connectivity index (χ1v) is 9.53. The molecule has 0 bridgehead atoms. The van der Waals surface area contributed by atoms with Crippen LogP contribution in [0.2, 0.25) is 0 Å². The molecule has 2 aromatic heterocycles. The van der Waals surface area contributed by atoms with Crippen molar-refractivity contribution in [2.24, 2.45) is 5.92 Å². The lowest BCUT2D eigenvalue weighted by molar-refractivity contribution is -0.154. The summed E-state index contributed by atoms with van der Waals surface area (Å²) in [5.41, 5.74) is 2.49. The molecule has 0 unspecified atom stereocenters. The molecule has 30 heavy (non-hydrogen) atoms. The summed E-state index contributed by atoms with van der Waals surface area (Å²) in [6.07, 6.45) is -0.167. The maximum Gasteiger partial charge on any atom is 0.422 e. The van der Waals surface area contributed by atoms with E-state index >= 15 is 0 Å². The number of halogens is 3. The van der Waals surface area contributed by atoms with Gasteiger partial charge in [0.15, 0.2) is 6.61 Å². The lowest BCUT2D eigenvalue weighted by Crippen LogP contribution is -2.34. The zero-order valence-corrected chi connectivity index (χ0v) is 16.8. The fraction of sp³-hybridized carbons (Fsp3) is 0.381. The van der Waals surface area contributed by atoms with Crippen LogP contribution in [0.15, 0.2) is 42.9 Å². The van der Waals surface area contributed by atoms with Gasteiger partial charge in [-0.2, -0.15) is 13.2 Å². The van der Waals surface area contributed by atoms with Gasteiger partial charge in [-0.25, -0.2) is 4.98 Å². The molecule has 2 N–H and O–H groups in total. The largest absolute Gasteiger partial charge is 0.467 e. The lowest BCUT2D eigenvalue weighted by atomic mass is 9.87. The van der Waals surface area contributed by atoms with Gasteiger partial charge in [-0.3, -0.25) is 9.78 Å². The Hall–Kier alpha value is -3.10. The summed E-state index contributed by atoms with van der Waals surface area (Å²) in [4.78, 5) is 23.9. The molecule has 2 heterocycles. The lowest BCUT2D eigenvalue weighted by Gasteiger charge is -2.23. The Kier molecular flexibility index (Phi) is 6.28. The van der Waals surface area contributed by atoms with E-state index in [1.807, 2.05) is 44.3 Å². The first-order chi connectivity index (χ1) is 14.2. The summed E-state index contributed by atoms with van der Waals surface area (Å²) in [5.74, 6) is -0.735. The number of alkyl halides is 3. The second-order valence-corrected chi connectivity index (χ2v) is 7.28. The van der Waals surface area contributed by atoms with Crippen molar-refractivity contribution in [2.45, 2.75) is 38.9 Å². The van der Waals surface area contributed by atoms with Gasteiger partial charge in [0.1, 0.15) is 0 Å². The quantitative estimate of drug-likeness (QED) is 0.589. The summed E-state index contributed by atoms with van der Waals surface area (Å²) in [6, 6.07) is 7.50. The van der Waals surface area contributed by atoms with Crippen molar-refractivity contribution in [1.82, 2.24) is 20.3 Å². The number of hydrogen-bond acceptors (Lipinski definition) is 4. The summed E-state index contributed by atoms with van der Waals surface area (Å²) < 4.78 is 41.1. The Labute approximate surface area is 171 Å². The van der Waals surface area contributed by atoms with E-state index in [4.69, 9.17) is 0 Å². The van der Waals surface area contributed by atoms with Gasteiger partial charge in [0.2, 0.25) is 11.8 Å². The van der Waals surface area contributed by atoms with Gasteiger partial charge in [-0.1, -0.05) is 32.0 Å². The monoisotopic (exact) mass is 420 g/mol. The molecule has 0 radical (unpaired) electrons. The number of nitrogens with one attached hydrogen (secondary N) is 2. The Morgan fingerprint density at radius 1 is 1.17 bits per heavy atom. The van der Waals surface area contributed by atoms with E-state index in [-0.39, 0.29) is 23.6 Å². The Morgan fingerprint density at radius 3 is 2.60 bits per heavy atom.